The van der Waals surface area contributed by atoms with Gasteiger partial charge < -0.3 is 15.0 Å². The Morgan fingerprint density at radius 2 is 2.24 bits per heavy atom. The molecule has 0 aliphatic carbocycles. The summed E-state index contributed by atoms with van der Waals surface area (Å²) in [6, 6.07) is 3.74. The molecule has 21 heavy (non-hydrogen) atoms. The van der Waals surface area contributed by atoms with Gasteiger partial charge in [0.15, 0.2) is 0 Å². The molecular formula is C15H23N3O3. The molecule has 1 N–H and O–H groups in total. The average Bonchev–Trinajstić information content (AvgIpc) is 2.48. The highest BCUT2D eigenvalue weighted by atomic mass is 16.5. The van der Waals surface area contributed by atoms with Gasteiger partial charge in [-0.05, 0) is 18.1 Å². The number of methoxy groups -OCH3 is 1. The summed E-state index contributed by atoms with van der Waals surface area (Å²) >= 11 is 0. The Bertz CT molecular complexity index is 437. The van der Waals surface area contributed by atoms with Crippen molar-refractivity contribution in [1.29, 1.82) is 0 Å². The van der Waals surface area contributed by atoms with Gasteiger partial charge in [-0.3, -0.25) is 14.6 Å². The van der Waals surface area contributed by atoms with E-state index in [0.29, 0.717) is 32.7 Å². The predicted molar refractivity (Wildman–Crippen MR) is 79.4 cm³/mol. The number of nitrogens with one attached hydrogen (secondary N) is 1. The summed E-state index contributed by atoms with van der Waals surface area (Å²) in [5.41, 5.74) is 0.952. The van der Waals surface area contributed by atoms with E-state index in [2.05, 4.69) is 10.3 Å². The number of hydrogen-bond donors (Lipinski definition) is 1. The molecule has 6 heteroatoms. The van der Waals surface area contributed by atoms with Gasteiger partial charge in [0, 0.05) is 59.1 Å². The fourth-order valence-electron chi connectivity index (χ4n) is 1.83. The van der Waals surface area contributed by atoms with E-state index in [1.54, 1.807) is 24.4 Å². The minimum Gasteiger partial charge on any atom is -0.385 e. The van der Waals surface area contributed by atoms with Crippen LogP contribution in [-0.4, -0.2) is 48.5 Å². The minimum atomic E-state index is -0.0523. The molecule has 0 saturated heterocycles. The van der Waals surface area contributed by atoms with Crippen LogP contribution in [0.5, 0.6) is 0 Å². The summed E-state index contributed by atoms with van der Waals surface area (Å²) < 4.78 is 4.91. The molecule has 0 aliphatic heterocycles. The van der Waals surface area contributed by atoms with Crippen LogP contribution in [0.4, 0.5) is 0 Å². The van der Waals surface area contributed by atoms with E-state index in [1.807, 2.05) is 12.1 Å². The van der Waals surface area contributed by atoms with Crippen LogP contribution in [0.25, 0.3) is 0 Å². The smallest absolute Gasteiger partial charge is 0.221 e. The highest BCUT2D eigenvalue weighted by Crippen LogP contribution is 2.04. The normalized spacial score (nSPS) is 10.2. The van der Waals surface area contributed by atoms with Crippen molar-refractivity contribution in [3.05, 3.63) is 30.1 Å². The molecule has 2 amide bonds. The first-order valence-corrected chi connectivity index (χ1v) is 7.03. The van der Waals surface area contributed by atoms with Crippen LogP contribution in [0.15, 0.2) is 24.5 Å². The number of nitrogens with zero attached hydrogens (tertiary/aromatic N) is 2. The Labute approximate surface area is 125 Å². The van der Waals surface area contributed by atoms with Crippen LogP contribution in [-0.2, 0) is 20.9 Å². The third kappa shape index (κ3) is 7.41. The van der Waals surface area contributed by atoms with Gasteiger partial charge in [-0.2, -0.15) is 0 Å². The number of carbonyl (C=O) groups is 2. The zero-order chi connectivity index (χ0) is 15.5. The van der Waals surface area contributed by atoms with Gasteiger partial charge in [0.2, 0.25) is 11.8 Å². The molecule has 1 aromatic rings. The highest BCUT2D eigenvalue weighted by molar-refractivity contribution is 5.77. The third-order valence-electron chi connectivity index (χ3n) is 3.00. The zero-order valence-corrected chi connectivity index (χ0v) is 12.7. The minimum absolute atomic E-state index is 0.0500. The fraction of sp³-hybridized carbons (Fsp3) is 0.533. The largest absolute Gasteiger partial charge is 0.385 e. The molecule has 1 heterocycles. The van der Waals surface area contributed by atoms with E-state index < -0.39 is 0 Å². The summed E-state index contributed by atoms with van der Waals surface area (Å²) in [4.78, 5) is 29.0. The second-order valence-electron chi connectivity index (χ2n) is 4.75. The topological polar surface area (TPSA) is 71.5 Å². The van der Waals surface area contributed by atoms with Crippen LogP contribution >= 0.6 is 0 Å². The zero-order valence-electron chi connectivity index (χ0n) is 12.7. The molecule has 0 spiro atoms. The van der Waals surface area contributed by atoms with E-state index in [0.717, 1.165) is 12.0 Å². The maximum atomic E-state index is 11.7. The maximum absolute atomic E-state index is 11.7. The molecule has 0 radical (unpaired) electrons. The van der Waals surface area contributed by atoms with Crippen molar-refractivity contribution < 1.29 is 14.3 Å². The first-order valence-electron chi connectivity index (χ1n) is 7.03. The van der Waals surface area contributed by atoms with Gasteiger partial charge in [0.1, 0.15) is 0 Å². The highest BCUT2D eigenvalue weighted by Gasteiger charge is 2.11. The number of carbonyl (C=O) groups excluding carboxylic acids is 2. The first kappa shape index (κ1) is 17.1. The molecule has 0 bridgehead atoms. The summed E-state index contributed by atoms with van der Waals surface area (Å²) in [5.74, 6) is -0.102. The fourth-order valence-corrected chi connectivity index (χ4v) is 1.83. The monoisotopic (exact) mass is 293 g/mol. The van der Waals surface area contributed by atoms with Crippen LogP contribution in [0.2, 0.25) is 0 Å². The third-order valence-corrected chi connectivity index (χ3v) is 3.00. The van der Waals surface area contributed by atoms with Crippen LogP contribution in [0.3, 0.4) is 0 Å². The van der Waals surface area contributed by atoms with E-state index in [4.69, 9.17) is 4.74 Å². The van der Waals surface area contributed by atoms with Gasteiger partial charge >= 0.3 is 0 Å². The van der Waals surface area contributed by atoms with E-state index in [9.17, 15) is 9.59 Å². The number of pyridine rings is 1. The van der Waals surface area contributed by atoms with Gasteiger partial charge in [-0.15, -0.1) is 0 Å². The lowest BCUT2D eigenvalue weighted by Gasteiger charge is -2.20. The van der Waals surface area contributed by atoms with Gasteiger partial charge in [0.05, 0.1) is 0 Å². The SMILES string of the molecule is COCCCNC(=O)CCN(Cc1cccnc1)C(C)=O. The summed E-state index contributed by atoms with van der Waals surface area (Å²) in [5, 5.41) is 2.81. The van der Waals surface area contributed by atoms with Crippen LogP contribution in [0.1, 0.15) is 25.3 Å². The molecule has 0 aromatic carbocycles. The Kier molecular flexibility index (Phi) is 8.04. The maximum Gasteiger partial charge on any atom is 0.221 e. The predicted octanol–water partition coefficient (Wildman–Crippen LogP) is 0.973. The Hall–Kier alpha value is -1.95. The number of hydrogen-bond acceptors (Lipinski definition) is 4. The number of aromatic nitrogens is 1. The second-order valence-corrected chi connectivity index (χ2v) is 4.75. The second kappa shape index (κ2) is 9.88. The van der Waals surface area contributed by atoms with E-state index >= 15 is 0 Å². The summed E-state index contributed by atoms with van der Waals surface area (Å²) in [6.07, 6.45) is 4.50. The molecule has 0 fully saturated rings. The Balaban J connectivity index is 2.34. The molecule has 116 valence electrons. The van der Waals surface area contributed by atoms with Crippen molar-refractivity contribution in [2.45, 2.75) is 26.3 Å². The molecule has 0 aliphatic rings. The van der Waals surface area contributed by atoms with Gasteiger partial charge in [-0.1, -0.05) is 6.07 Å². The van der Waals surface area contributed by atoms with Gasteiger partial charge in [0.25, 0.3) is 0 Å². The number of amides is 2. The van der Waals surface area contributed by atoms with E-state index in [-0.39, 0.29) is 11.8 Å². The lowest BCUT2D eigenvalue weighted by molar-refractivity contribution is -0.130. The van der Waals surface area contributed by atoms with Crippen molar-refractivity contribution in [2.24, 2.45) is 0 Å². The molecular weight excluding hydrogens is 270 g/mol. The van der Waals surface area contributed by atoms with Crippen LogP contribution in [0, 0.1) is 0 Å². The summed E-state index contributed by atoms with van der Waals surface area (Å²) in [6.45, 7) is 3.60. The molecule has 6 nitrogen and oxygen atoms in total. The molecule has 0 saturated carbocycles. The number of rotatable bonds is 9. The first-order chi connectivity index (χ1) is 10.1. The summed E-state index contributed by atoms with van der Waals surface area (Å²) in [7, 11) is 1.63. The van der Waals surface area contributed by atoms with E-state index in [1.165, 1.54) is 6.92 Å². The lowest BCUT2D eigenvalue weighted by Crippen LogP contribution is -2.34. The van der Waals surface area contributed by atoms with Gasteiger partial charge in [-0.25, -0.2) is 0 Å². The molecule has 1 aromatic heterocycles. The van der Waals surface area contributed by atoms with Crippen molar-refractivity contribution in [1.82, 2.24) is 15.2 Å². The van der Waals surface area contributed by atoms with Crippen molar-refractivity contribution >= 4 is 11.8 Å². The molecule has 0 unspecified atom stereocenters. The van der Waals surface area contributed by atoms with Crippen molar-refractivity contribution in [2.75, 3.05) is 26.8 Å². The quantitative estimate of drug-likeness (QED) is 0.689. The Morgan fingerprint density at radius 3 is 2.86 bits per heavy atom. The molecule has 0 atom stereocenters. The van der Waals surface area contributed by atoms with Crippen LogP contribution < -0.4 is 5.32 Å². The molecule has 1 rings (SSSR count). The standard InChI is InChI=1S/C15H23N3O3/c1-13(19)18(12-14-5-3-7-16-11-14)9-6-15(20)17-8-4-10-21-2/h3,5,7,11H,4,6,8-10,12H2,1-2H3,(H,17,20). The average molecular weight is 293 g/mol. The Morgan fingerprint density at radius 1 is 1.43 bits per heavy atom. The number of ether oxygens (including phenoxy) is 1. The lowest BCUT2D eigenvalue weighted by atomic mass is 10.2. The van der Waals surface area contributed by atoms with Crippen molar-refractivity contribution in [3.63, 3.8) is 0 Å². The van der Waals surface area contributed by atoms with Crippen molar-refractivity contribution in [3.8, 4) is 0 Å².